The number of hydrogen-bond acceptors (Lipinski definition) is 12. The van der Waals surface area contributed by atoms with E-state index in [2.05, 4.69) is 46.5 Å². The molecule has 1 fully saturated rings. The van der Waals surface area contributed by atoms with Crippen molar-refractivity contribution in [3.8, 4) is 17.1 Å². The number of pyridine rings is 1. The van der Waals surface area contributed by atoms with E-state index < -0.39 is 54.1 Å². The molecule has 2 aromatic heterocycles. The van der Waals surface area contributed by atoms with Crippen LogP contribution in [0.2, 0.25) is 5.02 Å². The van der Waals surface area contributed by atoms with E-state index in [1.54, 1.807) is 48.8 Å². The maximum atomic E-state index is 13.1. The van der Waals surface area contributed by atoms with Gasteiger partial charge in [-0.2, -0.15) is 28.1 Å². The molecule has 2 heterocycles. The van der Waals surface area contributed by atoms with Crippen molar-refractivity contribution in [1.29, 1.82) is 0 Å². The number of hydrogen-bond donors (Lipinski definition) is 5. The zero-order valence-electron chi connectivity index (χ0n) is 30.6. The fourth-order valence-electron chi connectivity index (χ4n) is 5.63. The molecule has 0 bridgehead atoms. The molecule has 1 atom stereocenters. The molecule has 0 saturated heterocycles. The van der Waals surface area contributed by atoms with Gasteiger partial charge in [0, 0.05) is 40.9 Å². The first-order chi connectivity index (χ1) is 27.8. The van der Waals surface area contributed by atoms with Crippen molar-refractivity contribution in [2.24, 2.45) is 0 Å². The van der Waals surface area contributed by atoms with Gasteiger partial charge in [0.2, 0.25) is 11.9 Å². The molecule has 3 aromatic carbocycles. The standard InChI is InChI=1S/C39H35ClF3N9O6/c1-57-34(56)30(16-21-45-32(54)33(55)46-28-10-2-23(3-11-28)24-14-19-44-20-15-24)48-31(53)25-4-12-29(13-5-25)47-35-49-36(51-37(50-35)58-22-39(41,42)43)52-38(17-18-38)26-6-8-27(40)9-7-26/h2-15,19-20,30H,16-18,21-22H2,1H3,(H,45,54)(H,46,55)(H,48,53)(H2,47,49,50,51,52)/t30-/m0/s1. The summed E-state index contributed by atoms with van der Waals surface area (Å²) >= 11 is 6.04. The molecule has 5 N–H and O–H groups in total. The lowest BCUT2D eigenvalue weighted by atomic mass is 10.1. The minimum absolute atomic E-state index is 0.0316. The molecular weight excluding hydrogens is 783 g/mol. The van der Waals surface area contributed by atoms with Gasteiger partial charge < -0.3 is 36.1 Å². The minimum Gasteiger partial charge on any atom is -0.467 e. The number of alkyl halides is 3. The van der Waals surface area contributed by atoms with Gasteiger partial charge in [0.05, 0.1) is 12.6 Å². The van der Waals surface area contributed by atoms with E-state index in [1.807, 2.05) is 24.3 Å². The molecule has 58 heavy (non-hydrogen) atoms. The van der Waals surface area contributed by atoms with Crippen molar-refractivity contribution in [2.75, 3.05) is 36.2 Å². The Balaban J connectivity index is 1.04. The van der Waals surface area contributed by atoms with E-state index in [4.69, 9.17) is 21.1 Å². The quantitative estimate of drug-likeness (QED) is 0.0631. The fraction of sp³-hybridized carbons (Fsp3) is 0.231. The number of nitrogens with zero attached hydrogens (tertiary/aromatic N) is 4. The van der Waals surface area contributed by atoms with Gasteiger partial charge in [-0.1, -0.05) is 35.9 Å². The number of aromatic nitrogens is 4. The average molecular weight is 818 g/mol. The summed E-state index contributed by atoms with van der Waals surface area (Å²) in [6.07, 6.45) is -0.0117. The highest BCUT2D eigenvalue weighted by Gasteiger charge is 2.45. The molecule has 19 heteroatoms. The zero-order chi connectivity index (χ0) is 41.3. The van der Waals surface area contributed by atoms with Crippen molar-refractivity contribution in [1.82, 2.24) is 30.6 Å². The van der Waals surface area contributed by atoms with E-state index in [9.17, 15) is 32.3 Å². The number of ether oxygens (including phenoxy) is 2. The van der Waals surface area contributed by atoms with Crippen LogP contribution in [-0.4, -0.2) is 76.1 Å². The van der Waals surface area contributed by atoms with Gasteiger partial charge in [0.25, 0.3) is 5.91 Å². The van der Waals surface area contributed by atoms with Crippen molar-refractivity contribution < 1.29 is 41.8 Å². The van der Waals surface area contributed by atoms with E-state index in [1.165, 1.54) is 24.3 Å². The van der Waals surface area contributed by atoms with Crippen LogP contribution in [0.15, 0.2) is 97.3 Å². The highest BCUT2D eigenvalue weighted by Crippen LogP contribution is 2.48. The van der Waals surface area contributed by atoms with Crippen LogP contribution in [0.4, 0.5) is 36.4 Å². The van der Waals surface area contributed by atoms with Gasteiger partial charge in [-0.15, -0.1) is 0 Å². The van der Waals surface area contributed by atoms with Crippen LogP contribution in [0.25, 0.3) is 11.1 Å². The molecule has 15 nitrogen and oxygen atoms in total. The number of esters is 1. The molecule has 0 radical (unpaired) electrons. The Morgan fingerprint density at radius 1 is 0.810 bits per heavy atom. The molecule has 3 amide bonds. The van der Waals surface area contributed by atoms with Crippen molar-refractivity contribution in [3.63, 3.8) is 0 Å². The van der Waals surface area contributed by atoms with Crippen LogP contribution in [-0.2, 0) is 24.7 Å². The molecule has 5 aromatic rings. The number of nitrogens with one attached hydrogen (secondary N) is 5. The summed E-state index contributed by atoms with van der Waals surface area (Å²) in [5.74, 6) is -3.50. The van der Waals surface area contributed by atoms with E-state index >= 15 is 0 Å². The highest BCUT2D eigenvalue weighted by molar-refractivity contribution is 6.39. The Morgan fingerprint density at radius 3 is 2.09 bits per heavy atom. The minimum atomic E-state index is -4.64. The Morgan fingerprint density at radius 2 is 1.45 bits per heavy atom. The van der Waals surface area contributed by atoms with Gasteiger partial charge in [0.1, 0.15) is 6.04 Å². The topological polar surface area (TPSA) is 198 Å². The molecule has 1 saturated carbocycles. The highest BCUT2D eigenvalue weighted by atomic mass is 35.5. The first kappa shape index (κ1) is 40.8. The van der Waals surface area contributed by atoms with E-state index in [0.29, 0.717) is 29.2 Å². The Bertz CT molecular complexity index is 2250. The number of halogens is 4. The number of methoxy groups -OCH3 is 1. The maximum absolute atomic E-state index is 13.1. The zero-order valence-corrected chi connectivity index (χ0v) is 31.4. The molecule has 0 unspecified atom stereocenters. The summed E-state index contributed by atoms with van der Waals surface area (Å²) in [5.41, 5.74) is 3.03. The predicted molar refractivity (Wildman–Crippen MR) is 206 cm³/mol. The molecule has 6 rings (SSSR count). The fourth-order valence-corrected chi connectivity index (χ4v) is 5.75. The number of carbonyl (C=O) groups excluding carboxylic acids is 4. The molecular formula is C39H35ClF3N9O6. The Kier molecular flexibility index (Phi) is 12.7. The molecule has 0 aliphatic heterocycles. The number of rotatable bonds is 15. The van der Waals surface area contributed by atoms with Crippen molar-refractivity contribution in [2.45, 2.75) is 37.0 Å². The van der Waals surface area contributed by atoms with Gasteiger partial charge in [-0.25, -0.2) is 4.79 Å². The summed E-state index contributed by atoms with van der Waals surface area (Å²) in [6, 6.07) is 21.7. The average Bonchev–Trinajstić information content (AvgIpc) is 4.00. The lowest BCUT2D eigenvalue weighted by molar-refractivity contribution is -0.154. The Labute approximate surface area is 334 Å². The third-order valence-electron chi connectivity index (χ3n) is 8.75. The van der Waals surface area contributed by atoms with Crippen LogP contribution in [0.3, 0.4) is 0 Å². The normalized spacial score (nSPS) is 13.3. The second-order valence-electron chi connectivity index (χ2n) is 12.9. The lowest BCUT2D eigenvalue weighted by Gasteiger charge is -2.19. The SMILES string of the molecule is COC(=O)[C@H](CCNC(=O)C(=O)Nc1ccc(-c2ccncc2)cc1)NC(=O)c1ccc(Nc2nc(NC3(c4ccc(Cl)cc4)CC3)nc(OCC(F)(F)F)n2)cc1. The van der Waals surface area contributed by atoms with Gasteiger partial charge in [-0.05, 0) is 96.6 Å². The maximum Gasteiger partial charge on any atom is 0.422 e. The number of benzene rings is 3. The predicted octanol–water partition coefficient (Wildman–Crippen LogP) is 5.79. The van der Waals surface area contributed by atoms with Gasteiger partial charge in [-0.3, -0.25) is 19.4 Å². The summed E-state index contributed by atoms with van der Waals surface area (Å²) in [7, 11) is 1.14. The molecule has 1 aliphatic carbocycles. The first-order valence-corrected chi connectivity index (χ1v) is 18.0. The van der Waals surface area contributed by atoms with Gasteiger partial charge in [0.15, 0.2) is 6.61 Å². The van der Waals surface area contributed by atoms with Crippen molar-refractivity contribution >= 4 is 58.6 Å². The molecule has 0 spiro atoms. The Hall–Kier alpha value is -6.82. The first-order valence-electron chi connectivity index (χ1n) is 17.6. The second-order valence-corrected chi connectivity index (χ2v) is 13.4. The van der Waals surface area contributed by atoms with E-state index in [-0.39, 0.29) is 30.4 Å². The molecule has 300 valence electrons. The van der Waals surface area contributed by atoms with Crippen LogP contribution >= 0.6 is 11.6 Å². The summed E-state index contributed by atoms with van der Waals surface area (Å²) in [6.45, 7) is -1.78. The number of amides is 3. The summed E-state index contributed by atoms with van der Waals surface area (Å²) in [5, 5.41) is 14.1. The largest absolute Gasteiger partial charge is 0.467 e. The van der Waals surface area contributed by atoms with E-state index in [0.717, 1.165) is 23.8 Å². The number of anilines is 4. The summed E-state index contributed by atoms with van der Waals surface area (Å²) in [4.78, 5) is 67.0. The monoisotopic (exact) mass is 817 g/mol. The summed E-state index contributed by atoms with van der Waals surface area (Å²) < 4.78 is 48.6. The second kappa shape index (κ2) is 18.0. The number of carbonyl (C=O) groups is 4. The molecule has 1 aliphatic rings. The van der Waals surface area contributed by atoms with Crippen LogP contribution in [0, 0.1) is 0 Å². The third kappa shape index (κ3) is 11.2. The third-order valence-corrected chi connectivity index (χ3v) is 9.01. The van der Waals surface area contributed by atoms with Crippen molar-refractivity contribution in [3.05, 3.63) is 113 Å². The lowest BCUT2D eigenvalue weighted by Crippen LogP contribution is -2.44. The smallest absolute Gasteiger partial charge is 0.422 e. The van der Waals surface area contributed by atoms with Crippen LogP contribution < -0.4 is 31.3 Å². The van der Waals surface area contributed by atoms with Crippen LogP contribution in [0.5, 0.6) is 6.01 Å². The van der Waals surface area contributed by atoms with Crippen LogP contribution in [0.1, 0.15) is 35.2 Å². The van der Waals surface area contributed by atoms with Gasteiger partial charge >= 0.3 is 30.0 Å².